The molecular weight excluding hydrogens is 193 g/mol. The van der Waals surface area contributed by atoms with E-state index in [9.17, 15) is 4.39 Å². The Balaban J connectivity index is 2.26. The molecule has 1 aromatic carbocycles. The number of hydrogen-bond donors (Lipinski definition) is 1. The molecule has 0 saturated carbocycles. The first kappa shape index (κ1) is 10.6. The van der Waals surface area contributed by atoms with Crippen molar-refractivity contribution < 1.29 is 9.23 Å². The summed E-state index contributed by atoms with van der Waals surface area (Å²) in [6.07, 6.45) is 4.18. The molecule has 1 aromatic rings. The number of hydrogen-bond acceptors (Lipinski definition) is 2. The number of nitrogens with one attached hydrogen (secondary N) is 1. The Kier molecular flexibility index (Phi) is 3.34. The highest BCUT2D eigenvalue weighted by molar-refractivity contribution is 5.35. The summed E-state index contributed by atoms with van der Waals surface area (Å²) < 4.78 is 14.0. The average molecular weight is 209 g/mol. The van der Waals surface area contributed by atoms with Gasteiger partial charge in [0.05, 0.1) is 7.11 Å². The van der Waals surface area contributed by atoms with Crippen LogP contribution in [0.4, 0.5) is 4.39 Å². The van der Waals surface area contributed by atoms with E-state index in [2.05, 4.69) is 5.48 Å². The first-order valence-corrected chi connectivity index (χ1v) is 5.38. The normalized spacial score (nSPS) is 15.1. The quantitative estimate of drug-likeness (QED) is 0.771. The van der Waals surface area contributed by atoms with Crippen LogP contribution >= 0.6 is 0 Å². The van der Waals surface area contributed by atoms with E-state index in [1.54, 1.807) is 0 Å². The summed E-state index contributed by atoms with van der Waals surface area (Å²) in [5.41, 5.74) is 5.46. The summed E-state index contributed by atoms with van der Waals surface area (Å²) in [5, 5.41) is 0. The standard InChI is InChI=1S/C12H16FNO/c1-15-14-8-10-7-6-9-4-2-3-5-11(9)12(10)13/h6-7,14H,2-5,8H2,1H3. The van der Waals surface area contributed by atoms with E-state index in [1.807, 2.05) is 12.1 Å². The van der Waals surface area contributed by atoms with Crippen molar-refractivity contribution in [2.75, 3.05) is 7.11 Å². The molecule has 2 rings (SSSR count). The Morgan fingerprint density at radius 3 is 2.93 bits per heavy atom. The summed E-state index contributed by atoms with van der Waals surface area (Å²) in [7, 11) is 1.54. The lowest BCUT2D eigenvalue weighted by molar-refractivity contribution is 0.0859. The molecule has 0 heterocycles. The van der Waals surface area contributed by atoms with E-state index in [4.69, 9.17) is 4.84 Å². The Hall–Kier alpha value is -0.930. The van der Waals surface area contributed by atoms with Gasteiger partial charge in [-0.1, -0.05) is 12.1 Å². The van der Waals surface area contributed by atoms with Gasteiger partial charge in [0.2, 0.25) is 0 Å². The van der Waals surface area contributed by atoms with Crippen LogP contribution in [0.5, 0.6) is 0 Å². The predicted octanol–water partition coefficient (Wildman–Crippen LogP) is 2.36. The molecule has 0 aliphatic heterocycles. The molecule has 3 heteroatoms. The molecule has 0 unspecified atom stereocenters. The van der Waals surface area contributed by atoms with Gasteiger partial charge in [-0.3, -0.25) is 0 Å². The van der Waals surface area contributed by atoms with Crippen molar-refractivity contribution in [2.45, 2.75) is 32.2 Å². The lowest BCUT2D eigenvalue weighted by Crippen LogP contribution is -2.14. The zero-order chi connectivity index (χ0) is 10.7. The van der Waals surface area contributed by atoms with E-state index in [-0.39, 0.29) is 5.82 Å². The topological polar surface area (TPSA) is 21.3 Å². The van der Waals surface area contributed by atoms with Gasteiger partial charge < -0.3 is 4.84 Å². The van der Waals surface area contributed by atoms with Crippen LogP contribution in [0.2, 0.25) is 0 Å². The minimum atomic E-state index is -0.0447. The van der Waals surface area contributed by atoms with Gasteiger partial charge in [-0.15, -0.1) is 0 Å². The fraction of sp³-hybridized carbons (Fsp3) is 0.500. The molecule has 15 heavy (non-hydrogen) atoms. The molecular formula is C12H16FNO. The maximum Gasteiger partial charge on any atom is 0.131 e. The lowest BCUT2D eigenvalue weighted by atomic mass is 9.90. The monoisotopic (exact) mass is 209 g/mol. The number of hydroxylamine groups is 1. The summed E-state index contributed by atoms with van der Waals surface area (Å²) in [5.74, 6) is -0.0447. The van der Waals surface area contributed by atoms with Crippen LogP contribution < -0.4 is 5.48 Å². The molecule has 2 nitrogen and oxygen atoms in total. The molecule has 0 spiro atoms. The van der Waals surface area contributed by atoms with E-state index < -0.39 is 0 Å². The molecule has 0 bridgehead atoms. The van der Waals surface area contributed by atoms with Gasteiger partial charge in [0.25, 0.3) is 0 Å². The van der Waals surface area contributed by atoms with Crippen LogP contribution in [0, 0.1) is 5.82 Å². The third-order valence-corrected chi connectivity index (χ3v) is 2.95. The minimum absolute atomic E-state index is 0.0447. The molecule has 0 atom stereocenters. The first-order valence-electron chi connectivity index (χ1n) is 5.38. The Morgan fingerprint density at radius 1 is 1.33 bits per heavy atom. The molecule has 0 radical (unpaired) electrons. The van der Waals surface area contributed by atoms with Crippen LogP contribution in [-0.2, 0) is 24.2 Å². The first-order chi connectivity index (χ1) is 7.33. The summed E-state index contributed by atoms with van der Waals surface area (Å²) in [6.45, 7) is 0.426. The van der Waals surface area contributed by atoms with Gasteiger partial charge in [-0.05, 0) is 36.8 Å². The van der Waals surface area contributed by atoms with Gasteiger partial charge in [0.15, 0.2) is 0 Å². The summed E-state index contributed by atoms with van der Waals surface area (Å²) >= 11 is 0. The largest absolute Gasteiger partial charge is 0.305 e. The highest BCUT2D eigenvalue weighted by Gasteiger charge is 2.15. The minimum Gasteiger partial charge on any atom is -0.305 e. The number of benzene rings is 1. The van der Waals surface area contributed by atoms with Crippen molar-refractivity contribution in [3.8, 4) is 0 Å². The van der Waals surface area contributed by atoms with Crippen molar-refractivity contribution in [3.63, 3.8) is 0 Å². The van der Waals surface area contributed by atoms with Crippen LogP contribution in [0.15, 0.2) is 12.1 Å². The van der Waals surface area contributed by atoms with Crippen LogP contribution in [0.1, 0.15) is 29.5 Å². The zero-order valence-corrected chi connectivity index (χ0v) is 8.98. The molecule has 82 valence electrons. The van der Waals surface area contributed by atoms with Crippen LogP contribution in [0.25, 0.3) is 0 Å². The fourth-order valence-electron chi connectivity index (χ4n) is 2.12. The number of fused-ring (bicyclic) bond motifs is 1. The van der Waals surface area contributed by atoms with Gasteiger partial charge in [-0.25, -0.2) is 4.39 Å². The SMILES string of the molecule is CONCc1ccc2c(c1F)CCCC2. The van der Waals surface area contributed by atoms with Crippen LogP contribution in [0.3, 0.4) is 0 Å². The van der Waals surface area contributed by atoms with E-state index >= 15 is 0 Å². The summed E-state index contributed by atoms with van der Waals surface area (Å²) in [4.78, 5) is 4.73. The Labute approximate surface area is 89.4 Å². The smallest absolute Gasteiger partial charge is 0.131 e. The molecule has 0 aromatic heterocycles. The molecule has 0 fully saturated rings. The third-order valence-electron chi connectivity index (χ3n) is 2.95. The molecule has 0 saturated heterocycles. The highest BCUT2D eigenvalue weighted by atomic mass is 19.1. The van der Waals surface area contributed by atoms with Crippen molar-refractivity contribution in [1.29, 1.82) is 0 Å². The molecule has 1 N–H and O–H groups in total. The van der Waals surface area contributed by atoms with Gasteiger partial charge >= 0.3 is 0 Å². The number of rotatable bonds is 3. The zero-order valence-electron chi connectivity index (χ0n) is 8.98. The van der Waals surface area contributed by atoms with E-state index in [1.165, 1.54) is 19.1 Å². The number of aryl methyl sites for hydroxylation is 1. The Morgan fingerprint density at radius 2 is 2.13 bits per heavy atom. The number of halogens is 1. The summed E-state index contributed by atoms with van der Waals surface area (Å²) in [6, 6.07) is 3.90. The van der Waals surface area contributed by atoms with Crippen LogP contribution in [-0.4, -0.2) is 7.11 Å². The van der Waals surface area contributed by atoms with Crippen molar-refractivity contribution in [2.24, 2.45) is 0 Å². The van der Waals surface area contributed by atoms with E-state index in [0.29, 0.717) is 12.1 Å². The maximum atomic E-state index is 14.0. The molecule has 1 aliphatic rings. The molecule has 0 amide bonds. The Bertz CT molecular complexity index is 352. The van der Waals surface area contributed by atoms with E-state index in [0.717, 1.165) is 24.8 Å². The van der Waals surface area contributed by atoms with Crippen molar-refractivity contribution in [3.05, 3.63) is 34.6 Å². The van der Waals surface area contributed by atoms with Gasteiger partial charge in [-0.2, -0.15) is 5.48 Å². The second-order valence-electron chi connectivity index (χ2n) is 3.91. The van der Waals surface area contributed by atoms with Gasteiger partial charge in [0, 0.05) is 12.1 Å². The third kappa shape index (κ3) is 2.19. The predicted molar refractivity (Wildman–Crippen MR) is 56.9 cm³/mol. The highest BCUT2D eigenvalue weighted by Crippen LogP contribution is 2.25. The second kappa shape index (κ2) is 4.73. The lowest BCUT2D eigenvalue weighted by Gasteiger charge is -2.18. The fourth-order valence-corrected chi connectivity index (χ4v) is 2.12. The van der Waals surface area contributed by atoms with Gasteiger partial charge in [0.1, 0.15) is 5.82 Å². The second-order valence-corrected chi connectivity index (χ2v) is 3.91. The average Bonchev–Trinajstić information content (AvgIpc) is 2.29. The molecule has 1 aliphatic carbocycles. The maximum absolute atomic E-state index is 14.0. The van der Waals surface area contributed by atoms with Crippen molar-refractivity contribution >= 4 is 0 Å². The van der Waals surface area contributed by atoms with Crippen molar-refractivity contribution in [1.82, 2.24) is 5.48 Å².